The SMILES string of the molecule is C[C@H](NC(=O)CS[C@@H](C)c1ccccc1)c1ccccc1. The molecule has 1 amide bonds. The van der Waals surface area contributed by atoms with Crippen molar-refractivity contribution in [3.05, 3.63) is 71.8 Å². The molecule has 0 saturated heterocycles. The number of rotatable bonds is 6. The molecule has 1 N–H and O–H groups in total. The Hall–Kier alpha value is -1.74. The molecular formula is C18H21NOS. The van der Waals surface area contributed by atoms with Gasteiger partial charge in [0.1, 0.15) is 0 Å². The molecule has 0 aliphatic rings. The number of amides is 1. The zero-order valence-electron chi connectivity index (χ0n) is 12.5. The van der Waals surface area contributed by atoms with Crippen molar-refractivity contribution in [2.45, 2.75) is 25.1 Å². The predicted molar refractivity (Wildman–Crippen MR) is 90.3 cm³/mol. The second kappa shape index (κ2) is 7.89. The topological polar surface area (TPSA) is 29.1 Å². The van der Waals surface area contributed by atoms with E-state index in [1.54, 1.807) is 11.8 Å². The number of nitrogens with one attached hydrogen (secondary N) is 1. The van der Waals surface area contributed by atoms with E-state index in [1.165, 1.54) is 5.56 Å². The monoisotopic (exact) mass is 299 g/mol. The quantitative estimate of drug-likeness (QED) is 0.858. The van der Waals surface area contributed by atoms with E-state index in [1.807, 2.05) is 55.5 Å². The van der Waals surface area contributed by atoms with Gasteiger partial charge in [-0.2, -0.15) is 0 Å². The van der Waals surface area contributed by atoms with Crippen molar-refractivity contribution in [2.75, 3.05) is 5.75 Å². The fourth-order valence-corrected chi connectivity index (χ4v) is 2.96. The number of carbonyl (C=O) groups is 1. The maximum Gasteiger partial charge on any atom is 0.230 e. The molecule has 0 aromatic heterocycles. The van der Waals surface area contributed by atoms with E-state index in [0.717, 1.165) is 5.56 Å². The fraction of sp³-hybridized carbons (Fsp3) is 0.278. The van der Waals surface area contributed by atoms with E-state index < -0.39 is 0 Å². The van der Waals surface area contributed by atoms with Gasteiger partial charge >= 0.3 is 0 Å². The highest BCUT2D eigenvalue weighted by molar-refractivity contribution is 8.00. The Labute approximate surface area is 131 Å². The van der Waals surface area contributed by atoms with Crippen molar-refractivity contribution in [1.82, 2.24) is 5.32 Å². The van der Waals surface area contributed by atoms with Crippen LogP contribution in [0.2, 0.25) is 0 Å². The summed E-state index contributed by atoms with van der Waals surface area (Å²) in [5.41, 5.74) is 2.39. The largest absolute Gasteiger partial charge is 0.349 e. The summed E-state index contributed by atoms with van der Waals surface area (Å²) < 4.78 is 0. The first-order chi connectivity index (χ1) is 10.2. The van der Waals surface area contributed by atoms with E-state index >= 15 is 0 Å². The lowest BCUT2D eigenvalue weighted by atomic mass is 10.1. The molecule has 2 atom stereocenters. The Morgan fingerprint density at radius 1 is 0.952 bits per heavy atom. The third kappa shape index (κ3) is 4.94. The second-order valence-electron chi connectivity index (χ2n) is 5.06. The molecule has 0 bridgehead atoms. The van der Waals surface area contributed by atoms with Crippen LogP contribution in [0.25, 0.3) is 0 Å². The minimum atomic E-state index is 0.0475. The van der Waals surface area contributed by atoms with Gasteiger partial charge in [0.25, 0.3) is 0 Å². The van der Waals surface area contributed by atoms with Crippen molar-refractivity contribution in [2.24, 2.45) is 0 Å². The number of hydrogen-bond acceptors (Lipinski definition) is 2. The van der Waals surface area contributed by atoms with E-state index in [4.69, 9.17) is 0 Å². The summed E-state index contributed by atoms with van der Waals surface area (Å²) in [6.07, 6.45) is 0. The Morgan fingerprint density at radius 2 is 1.48 bits per heavy atom. The average molecular weight is 299 g/mol. The molecule has 0 unspecified atom stereocenters. The molecule has 110 valence electrons. The maximum absolute atomic E-state index is 12.0. The summed E-state index contributed by atoms with van der Waals surface area (Å²) in [6, 6.07) is 20.3. The van der Waals surface area contributed by atoms with E-state index in [9.17, 15) is 4.79 Å². The van der Waals surface area contributed by atoms with Gasteiger partial charge in [0, 0.05) is 5.25 Å². The zero-order valence-corrected chi connectivity index (χ0v) is 13.3. The molecule has 21 heavy (non-hydrogen) atoms. The number of benzene rings is 2. The summed E-state index contributed by atoms with van der Waals surface area (Å²) in [5, 5.41) is 3.37. The van der Waals surface area contributed by atoms with Gasteiger partial charge in [0.2, 0.25) is 5.91 Å². The molecule has 2 aromatic rings. The van der Waals surface area contributed by atoms with Gasteiger partial charge in [0.05, 0.1) is 11.8 Å². The minimum Gasteiger partial charge on any atom is -0.349 e. The van der Waals surface area contributed by atoms with Crippen molar-refractivity contribution < 1.29 is 4.79 Å². The lowest BCUT2D eigenvalue weighted by Gasteiger charge is -2.16. The maximum atomic E-state index is 12.0. The van der Waals surface area contributed by atoms with Crippen LogP contribution in [-0.2, 0) is 4.79 Å². The average Bonchev–Trinajstić information content (AvgIpc) is 2.54. The molecule has 0 saturated carbocycles. The smallest absolute Gasteiger partial charge is 0.230 e. The van der Waals surface area contributed by atoms with Gasteiger partial charge in [-0.15, -0.1) is 11.8 Å². The van der Waals surface area contributed by atoms with Crippen molar-refractivity contribution >= 4 is 17.7 Å². The minimum absolute atomic E-state index is 0.0475. The van der Waals surface area contributed by atoms with Crippen molar-refractivity contribution in [1.29, 1.82) is 0 Å². The molecule has 2 rings (SSSR count). The lowest BCUT2D eigenvalue weighted by Crippen LogP contribution is -2.28. The van der Waals surface area contributed by atoms with Crippen molar-refractivity contribution in [3.8, 4) is 0 Å². The van der Waals surface area contributed by atoms with Crippen LogP contribution in [0, 0.1) is 0 Å². The van der Waals surface area contributed by atoms with Gasteiger partial charge in [-0.05, 0) is 25.0 Å². The van der Waals surface area contributed by atoms with Crippen LogP contribution in [0.15, 0.2) is 60.7 Å². The predicted octanol–water partition coefficient (Wildman–Crippen LogP) is 4.36. The highest BCUT2D eigenvalue weighted by Gasteiger charge is 2.12. The van der Waals surface area contributed by atoms with E-state index in [0.29, 0.717) is 11.0 Å². The third-order valence-corrected chi connectivity index (χ3v) is 4.61. The number of thioether (sulfide) groups is 1. The molecule has 3 heteroatoms. The molecule has 0 spiro atoms. The van der Waals surface area contributed by atoms with Gasteiger partial charge < -0.3 is 5.32 Å². The molecule has 0 aliphatic carbocycles. The Morgan fingerprint density at radius 3 is 2.05 bits per heavy atom. The molecule has 0 radical (unpaired) electrons. The van der Waals surface area contributed by atoms with Crippen LogP contribution >= 0.6 is 11.8 Å². The van der Waals surface area contributed by atoms with Crippen molar-refractivity contribution in [3.63, 3.8) is 0 Å². The summed E-state index contributed by atoms with van der Waals surface area (Å²) in [5.74, 6) is 0.562. The first kappa shape index (κ1) is 15.6. The first-order valence-corrected chi connectivity index (χ1v) is 8.22. The van der Waals surface area contributed by atoms with Gasteiger partial charge in [-0.3, -0.25) is 4.79 Å². The van der Waals surface area contributed by atoms with Crippen LogP contribution < -0.4 is 5.32 Å². The lowest BCUT2D eigenvalue weighted by molar-refractivity contribution is -0.119. The van der Waals surface area contributed by atoms with Crippen LogP contribution in [0.1, 0.15) is 36.3 Å². The standard InChI is InChI=1S/C18H21NOS/c1-14(16-9-5-3-6-10-16)19-18(20)13-21-15(2)17-11-7-4-8-12-17/h3-12,14-15H,13H2,1-2H3,(H,19,20)/t14-,15-/m0/s1. The summed E-state index contributed by atoms with van der Waals surface area (Å²) in [6.45, 7) is 4.15. The summed E-state index contributed by atoms with van der Waals surface area (Å²) in [4.78, 5) is 12.0. The third-order valence-electron chi connectivity index (χ3n) is 3.41. The second-order valence-corrected chi connectivity index (χ2v) is 6.39. The Balaban J connectivity index is 1.80. The number of carbonyl (C=O) groups excluding carboxylic acids is 1. The number of hydrogen-bond donors (Lipinski definition) is 1. The van der Waals surface area contributed by atoms with Crippen LogP contribution in [0.4, 0.5) is 0 Å². The highest BCUT2D eigenvalue weighted by atomic mass is 32.2. The molecule has 0 aliphatic heterocycles. The highest BCUT2D eigenvalue weighted by Crippen LogP contribution is 2.27. The van der Waals surface area contributed by atoms with E-state index in [2.05, 4.69) is 24.4 Å². The Kier molecular flexibility index (Phi) is 5.88. The first-order valence-electron chi connectivity index (χ1n) is 7.17. The Bertz CT molecular complexity index is 556. The van der Waals surface area contributed by atoms with E-state index in [-0.39, 0.29) is 11.9 Å². The van der Waals surface area contributed by atoms with Crippen LogP contribution in [0.3, 0.4) is 0 Å². The summed E-state index contributed by atoms with van der Waals surface area (Å²) in [7, 11) is 0. The molecular weight excluding hydrogens is 278 g/mol. The zero-order chi connectivity index (χ0) is 15.1. The molecule has 2 nitrogen and oxygen atoms in total. The molecule has 2 aromatic carbocycles. The normalized spacial score (nSPS) is 13.4. The van der Waals surface area contributed by atoms with Gasteiger partial charge in [0.15, 0.2) is 0 Å². The molecule has 0 heterocycles. The van der Waals surface area contributed by atoms with Gasteiger partial charge in [-0.25, -0.2) is 0 Å². The van der Waals surface area contributed by atoms with Crippen LogP contribution in [-0.4, -0.2) is 11.7 Å². The molecule has 0 fully saturated rings. The van der Waals surface area contributed by atoms with Gasteiger partial charge in [-0.1, -0.05) is 60.7 Å². The fourth-order valence-electron chi connectivity index (χ4n) is 2.13. The van der Waals surface area contributed by atoms with Crippen LogP contribution in [0.5, 0.6) is 0 Å². The summed E-state index contributed by atoms with van der Waals surface area (Å²) >= 11 is 1.66.